The Hall–Kier alpha value is -3.22. The first-order chi connectivity index (χ1) is 11.2. The lowest BCUT2D eigenvalue weighted by atomic mass is 10.2. The van der Waals surface area contributed by atoms with Crippen LogP contribution >= 0.6 is 0 Å². The van der Waals surface area contributed by atoms with Gasteiger partial charge in [-0.1, -0.05) is 36.4 Å². The molecule has 0 aliphatic carbocycles. The summed E-state index contributed by atoms with van der Waals surface area (Å²) in [5.41, 5.74) is 1.57. The second-order valence-corrected chi connectivity index (χ2v) is 4.88. The Labute approximate surface area is 133 Å². The van der Waals surface area contributed by atoms with Crippen LogP contribution in [0.5, 0.6) is 5.75 Å². The van der Waals surface area contributed by atoms with Crippen LogP contribution in [0.4, 0.5) is 10.5 Å². The maximum absolute atomic E-state index is 12.3. The van der Waals surface area contributed by atoms with Gasteiger partial charge < -0.3 is 4.74 Å². The summed E-state index contributed by atoms with van der Waals surface area (Å²) < 4.78 is 7.08. The highest BCUT2D eigenvalue weighted by Crippen LogP contribution is 2.21. The number of amides is 1. The average molecular weight is 309 g/mol. The fraction of sp³-hybridized carbons (Fsp3) is 0.125. The molecule has 0 saturated carbocycles. The van der Waals surface area contributed by atoms with Crippen LogP contribution in [0, 0.1) is 0 Å². The standard InChI is InChI=1S/C16H15N5O2/c1-20(14-8-3-2-4-9-14)16(22)23-15-10-6-5-7-13(15)11-21-12-17-18-19-21/h2-10,12H,11H2,1H3. The molecule has 0 spiro atoms. The van der Waals surface area contributed by atoms with Crippen molar-refractivity contribution in [2.75, 3.05) is 11.9 Å². The van der Waals surface area contributed by atoms with E-state index in [1.54, 1.807) is 17.8 Å². The molecular formula is C16H15N5O2. The van der Waals surface area contributed by atoms with E-state index in [1.807, 2.05) is 48.5 Å². The van der Waals surface area contributed by atoms with Crippen molar-refractivity contribution in [2.45, 2.75) is 6.54 Å². The third-order valence-electron chi connectivity index (χ3n) is 3.31. The predicted octanol–water partition coefficient (Wildman–Crippen LogP) is 2.36. The van der Waals surface area contributed by atoms with Crippen LogP contribution in [0.25, 0.3) is 0 Å². The molecule has 3 aromatic rings. The molecule has 0 saturated heterocycles. The van der Waals surface area contributed by atoms with E-state index in [0.29, 0.717) is 12.3 Å². The Bertz CT molecular complexity index is 774. The number of anilines is 1. The monoisotopic (exact) mass is 309 g/mol. The fourth-order valence-corrected chi connectivity index (χ4v) is 2.08. The number of ether oxygens (including phenoxy) is 1. The summed E-state index contributed by atoms with van der Waals surface area (Å²) in [6, 6.07) is 16.6. The molecular weight excluding hydrogens is 294 g/mol. The number of carbonyl (C=O) groups excluding carboxylic acids is 1. The Morgan fingerprint density at radius 1 is 1.13 bits per heavy atom. The van der Waals surface area contributed by atoms with Crippen LogP contribution in [0.2, 0.25) is 0 Å². The van der Waals surface area contributed by atoms with Gasteiger partial charge in [0.2, 0.25) is 0 Å². The van der Waals surface area contributed by atoms with Gasteiger partial charge in [0.15, 0.2) is 0 Å². The first kappa shape index (κ1) is 14.7. The summed E-state index contributed by atoms with van der Waals surface area (Å²) >= 11 is 0. The maximum Gasteiger partial charge on any atom is 0.419 e. The smallest absolute Gasteiger partial charge is 0.410 e. The van der Waals surface area contributed by atoms with Gasteiger partial charge in [-0.25, -0.2) is 9.48 Å². The minimum Gasteiger partial charge on any atom is -0.410 e. The van der Waals surface area contributed by atoms with Gasteiger partial charge in [0.25, 0.3) is 0 Å². The van der Waals surface area contributed by atoms with Crippen molar-refractivity contribution >= 4 is 11.8 Å². The van der Waals surface area contributed by atoms with Crippen molar-refractivity contribution in [3.05, 3.63) is 66.5 Å². The molecule has 0 bridgehead atoms. The lowest BCUT2D eigenvalue weighted by Gasteiger charge is -2.18. The SMILES string of the molecule is CN(C(=O)Oc1ccccc1Cn1cnnn1)c1ccccc1. The van der Waals surface area contributed by atoms with Crippen molar-refractivity contribution in [1.82, 2.24) is 20.2 Å². The van der Waals surface area contributed by atoms with Crippen LogP contribution in [0.15, 0.2) is 60.9 Å². The molecule has 0 aliphatic rings. The van der Waals surface area contributed by atoms with E-state index >= 15 is 0 Å². The van der Waals surface area contributed by atoms with Gasteiger partial charge in [0.05, 0.1) is 6.54 Å². The summed E-state index contributed by atoms with van der Waals surface area (Å²) in [5.74, 6) is 0.482. The Morgan fingerprint density at radius 3 is 2.61 bits per heavy atom. The molecule has 0 N–H and O–H groups in total. The number of carbonyl (C=O) groups is 1. The van der Waals surface area contributed by atoms with Gasteiger partial charge in [-0.15, -0.1) is 5.10 Å². The van der Waals surface area contributed by atoms with E-state index in [4.69, 9.17) is 4.74 Å². The largest absolute Gasteiger partial charge is 0.419 e. The third kappa shape index (κ3) is 3.52. The zero-order chi connectivity index (χ0) is 16.1. The zero-order valence-corrected chi connectivity index (χ0v) is 12.5. The Balaban J connectivity index is 1.76. The summed E-state index contributed by atoms with van der Waals surface area (Å²) in [5, 5.41) is 11.0. The minimum atomic E-state index is -0.458. The highest BCUT2D eigenvalue weighted by molar-refractivity contribution is 5.88. The first-order valence-corrected chi connectivity index (χ1v) is 7.03. The summed E-state index contributed by atoms with van der Waals surface area (Å²) in [6.07, 6.45) is 1.05. The fourth-order valence-electron chi connectivity index (χ4n) is 2.08. The number of para-hydroxylation sites is 2. The maximum atomic E-state index is 12.3. The highest BCUT2D eigenvalue weighted by Gasteiger charge is 2.15. The van der Waals surface area contributed by atoms with Gasteiger partial charge >= 0.3 is 6.09 Å². The van der Waals surface area contributed by atoms with Gasteiger partial charge in [0.1, 0.15) is 12.1 Å². The normalized spacial score (nSPS) is 10.3. The van der Waals surface area contributed by atoms with E-state index < -0.39 is 6.09 Å². The second kappa shape index (κ2) is 6.69. The minimum absolute atomic E-state index is 0.422. The molecule has 1 heterocycles. The summed E-state index contributed by atoms with van der Waals surface area (Å²) in [6.45, 7) is 0.422. The number of hydrogen-bond donors (Lipinski definition) is 0. The Morgan fingerprint density at radius 2 is 1.87 bits per heavy atom. The van der Waals surface area contributed by atoms with E-state index in [9.17, 15) is 4.79 Å². The molecule has 7 heteroatoms. The van der Waals surface area contributed by atoms with Crippen LogP contribution < -0.4 is 9.64 Å². The molecule has 0 radical (unpaired) electrons. The number of nitrogens with zero attached hydrogens (tertiary/aromatic N) is 5. The molecule has 3 rings (SSSR count). The van der Waals surface area contributed by atoms with E-state index in [1.165, 1.54) is 11.2 Å². The van der Waals surface area contributed by atoms with Gasteiger partial charge in [0, 0.05) is 18.3 Å². The van der Waals surface area contributed by atoms with Crippen molar-refractivity contribution in [2.24, 2.45) is 0 Å². The number of tetrazole rings is 1. The molecule has 0 aliphatic heterocycles. The predicted molar refractivity (Wildman–Crippen MR) is 84.2 cm³/mol. The van der Waals surface area contributed by atoms with Crippen LogP contribution in [-0.4, -0.2) is 33.3 Å². The molecule has 116 valence electrons. The number of rotatable bonds is 4. The topological polar surface area (TPSA) is 73.1 Å². The van der Waals surface area contributed by atoms with E-state index in [0.717, 1.165) is 11.3 Å². The van der Waals surface area contributed by atoms with Crippen molar-refractivity contribution < 1.29 is 9.53 Å². The second-order valence-electron chi connectivity index (χ2n) is 4.88. The zero-order valence-electron chi connectivity index (χ0n) is 12.5. The summed E-state index contributed by atoms with van der Waals surface area (Å²) in [4.78, 5) is 13.8. The molecule has 0 unspecified atom stereocenters. The van der Waals surface area contributed by atoms with Crippen LogP contribution in [0.1, 0.15) is 5.56 Å². The molecule has 23 heavy (non-hydrogen) atoms. The number of benzene rings is 2. The summed E-state index contributed by atoms with van der Waals surface area (Å²) in [7, 11) is 1.67. The molecule has 1 aromatic heterocycles. The molecule has 0 atom stereocenters. The average Bonchev–Trinajstić information content (AvgIpc) is 3.10. The van der Waals surface area contributed by atoms with Crippen molar-refractivity contribution in [1.29, 1.82) is 0 Å². The number of aromatic nitrogens is 4. The lowest BCUT2D eigenvalue weighted by Crippen LogP contribution is -2.29. The van der Waals surface area contributed by atoms with Crippen LogP contribution in [0.3, 0.4) is 0 Å². The first-order valence-electron chi connectivity index (χ1n) is 7.03. The van der Waals surface area contributed by atoms with Crippen molar-refractivity contribution in [3.63, 3.8) is 0 Å². The van der Waals surface area contributed by atoms with E-state index in [2.05, 4.69) is 15.5 Å². The van der Waals surface area contributed by atoms with Gasteiger partial charge in [-0.2, -0.15) is 0 Å². The van der Waals surface area contributed by atoms with Gasteiger partial charge in [-0.3, -0.25) is 4.90 Å². The molecule has 0 fully saturated rings. The van der Waals surface area contributed by atoms with Crippen molar-refractivity contribution in [3.8, 4) is 5.75 Å². The van der Waals surface area contributed by atoms with Gasteiger partial charge in [-0.05, 0) is 28.6 Å². The number of hydrogen-bond acceptors (Lipinski definition) is 5. The lowest BCUT2D eigenvalue weighted by molar-refractivity contribution is 0.208. The molecule has 7 nitrogen and oxygen atoms in total. The van der Waals surface area contributed by atoms with Crippen LogP contribution in [-0.2, 0) is 6.54 Å². The highest BCUT2D eigenvalue weighted by atomic mass is 16.6. The molecule has 2 aromatic carbocycles. The molecule has 1 amide bonds. The quantitative estimate of drug-likeness (QED) is 0.739. The Kier molecular flexibility index (Phi) is 4.28. The third-order valence-corrected chi connectivity index (χ3v) is 3.31. The van der Waals surface area contributed by atoms with E-state index in [-0.39, 0.29) is 0 Å².